The maximum Gasteiger partial charge on any atom is 0.322 e. The standard InChI is InChI=1S/C13H12BrClN2O2/c1-8-5-9(7-15)17-13(16-8)19-12-4-3-10(18-2)6-11(12)14/h3-6H,7H2,1-2H3. The molecule has 0 spiro atoms. The van der Waals surface area contributed by atoms with Gasteiger partial charge >= 0.3 is 6.01 Å². The largest absolute Gasteiger partial charge is 0.497 e. The van der Waals surface area contributed by atoms with Gasteiger partial charge in [-0.05, 0) is 47.1 Å². The van der Waals surface area contributed by atoms with Crippen molar-refractivity contribution in [2.45, 2.75) is 12.8 Å². The summed E-state index contributed by atoms with van der Waals surface area (Å²) in [5.41, 5.74) is 1.54. The second-order valence-electron chi connectivity index (χ2n) is 3.82. The van der Waals surface area contributed by atoms with Crippen molar-refractivity contribution in [3.05, 3.63) is 40.1 Å². The van der Waals surface area contributed by atoms with Gasteiger partial charge in [-0.25, -0.2) is 4.98 Å². The number of nitrogens with zero attached hydrogens (tertiary/aromatic N) is 2. The highest BCUT2D eigenvalue weighted by Crippen LogP contribution is 2.31. The Morgan fingerprint density at radius 2 is 2.05 bits per heavy atom. The molecule has 0 atom stereocenters. The van der Waals surface area contributed by atoms with E-state index in [1.54, 1.807) is 19.2 Å². The van der Waals surface area contributed by atoms with Crippen LogP contribution in [0.25, 0.3) is 0 Å². The van der Waals surface area contributed by atoms with Crippen LogP contribution in [0.1, 0.15) is 11.4 Å². The number of aromatic nitrogens is 2. The molecule has 0 saturated heterocycles. The van der Waals surface area contributed by atoms with Crippen LogP contribution in [-0.2, 0) is 5.88 Å². The van der Waals surface area contributed by atoms with Gasteiger partial charge in [-0.2, -0.15) is 4.98 Å². The minimum atomic E-state index is 0.279. The summed E-state index contributed by atoms with van der Waals surface area (Å²) in [5, 5.41) is 0. The third kappa shape index (κ3) is 3.58. The van der Waals surface area contributed by atoms with E-state index >= 15 is 0 Å². The third-order valence-corrected chi connectivity index (χ3v) is 3.26. The predicted octanol–water partition coefficient (Wildman–Crippen LogP) is 4.09. The van der Waals surface area contributed by atoms with Gasteiger partial charge in [0.05, 0.1) is 23.2 Å². The van der Waals surface area contributed by atoms with Crippen molar-refractivity contribution in [2.24, 2.45) is 0 Å². The van der Waals surface area contributed by atoms with Crippen LogP contribution in [-0.4, -0.2) is 17.1 Å². The van der Waals surface area contributed by atoms with Gasteiger partial charge in [-0.15, -0.1) is 11.6 Å². The van der Waals surface area contributed by atoms with E-state index in [1.807, 2.05) is 19.1 Å². The fourth-order valence-corrected chi connectivity index (χ4v) is 2.08. The quantitative estimate of drug-likeness (QED) is 0.784. The van der Waals surface area contributed by atoms with E-state index in [1.165, 1.54) is 0 Å². The summed E-state index contributed by atoms with van der Waals surface area (Å²) >= 11 is 9.19. The first kappa shape index (κ1) is 14.1. The predicted molar refractivity (Wildman–Crippen MR) is 77.1 cm³/mol. The van der Waals surface area contributed by atoms with Gasteiger partial charge in [0.15, 0.2) is 0 Å². The molecule has 0 radical (unpaired) electrons. The highest BCUT2D eigenvalue weighted by atomic mass is 79.9. The average Bonchev–Trinajstić information content (AvgIpc) is 2.40. The second kappa shape index (κ2) is 6.21. The number of halogens is 2. The van der Waals surface area contributed by atoms with Crippen LogP contribution in [0.3, 0.4) is 0 Å². The molecule has 0 aliphatic carbocycles. The SMILES string of the molecule is COc1ccc(Oc2nc(C)cc(CCl)n2)c(Br)c1. The van der Waals surface area contributed by atoms with Gasteiger partial charge in [0, 0.05) is 5.69 Å². The second-order valence-corrected chi connectivity index (χ2v) is 4.94. The van der Waals surface area contributed by atoms with E-state index in [4.69, 9.17) is 21.1 Å². The first-order valence-corrected chi connectivity index (χ1v) is 6.87. The lowest BCUT2D eigenvalue weighted by Gasteiger charge is -2.08. The van der Waals surface area contributed by atoms with Gasteiger partial charge < -0.3 is 9.47 Å². The van der Waals surface area contributed by atoms with Crippen molar-refractivity contribution in [1.29, 1.82) is 0 Å². The molecule has 100 valence electrons. The number of alkyl halides is 1. The van der Waals surface area contributed by atoms with Crippen LogP contribution < -0.4 is 9.47 Å². The number of rotatable bonds is 4. The number of aryl methyl sites for hydroxylation is 1. The summed E-state index contributed by atoms with van der Waals surface area (Å²) in [6.45, 7) is 1.87. The van der Waals surface area contributed by atoms with Gasteiger partial charge in [-0.3, -0.25) is 0 Å². The van der Waals surface area contributed by atoms with E-state index in [2.05, 4.69) is 25.9 Å². The Labute approximate surface area is 124 Å². The van der Waals surface area contributed by atoms with E-state index in [0.29, 0.717) is 11.6 Å². The minimum absolute atomic E-state index is 0.279. The summed E-state index contributed by atoms with van der Waals surface area (Å²) in [6, 6.07) is 7.51. The summed E-state index contributed by atoms with van der Waals surface area (Å²) < 4.78 is 11.5. The van der Waals surface area contributed by atoms with Crippen LogP contribution >= 0.6 is 27.5 Å². The van der Waals surface area contributed by atoms with Crippen LogP contribution in [0.4, 0.5) is 0 Å². The Kier molecular flexibility index (Phi) is 4.61. The topological polar surface area (TPSA) is 44.2 Å². The Morgan fingerprint density at radius 3 is 2.68 bits per heavy atom. The highest BCUT2D eigenvalue weighted by molar-refractivity contribution is 9.10. The van der Waals surface area contributed by atoms with Gasteiger partial charge in [0.25, 0.3) is 0 Å². The van der Waals surface area contributed by atoms with Crippen LogP contribution in [0.5, 0.6) is 17.5 Å². The van der Waals surface area contributed by atoms with Crippen molar-refractivity contribution in [3.63, 3.8) is 0 Å². The molecule has 0 amide bonds. The van der Waals surface area contributed by atoms with Crippen molar-refractivity contribution in [1.82, 2.24) is 9.97 Å². The summed E-state index contributed by atoms with van der Waals surface area (Å²) in [6.07, 6.45) is 0. The molecule has 0 aliphatic rings. The molecule has 0 fully saturated rings. The van der Waals surface area contributed by atoms with Crippen LogP contribution in [0, 0.1) is 6.92 Å². The molecule has 0 aliphatic heterocycles. The maximum absolute atomic E-state index is 5.77. The molecule has 1 heterocycles. The molecule has 19 heavy (non-hydrogen) atoms. The number of hydrogen-bond acceptors (Lipinski definition) is 4. The van der Waals surface area contributed by atoms with Crippen molar-refractivity contribution in [3.8, 4) is 17.5 Å². The Balaban J connectivity index is 2.28. The zero-order chi connectivity index (χ0) is 13.8. The Hall–Kier alpha value is -1.33. The summed E-state index contributed by atoms with van der Waals surface area (Å²) in [4.78, 5) is 8.43. The van der Waals surface area contributed by atoms with E-state index in [9.17, 15) is 0 Å². The first-order chi connectivity index (χ1) is 9.12. The van der Waals surface area contributed by atoms with E-state index < -0.39 is 0 Å². The molecule has 4 nitrogen and oxygen atoms in total. The van der Waals surface area contributed by atoms with Gasteiger partial charge in [0.1, 0.15) is 11.5 Å². The number of benzene rings is 1. The van der Waals surface area contributed by atoms with E-state index in [-0.39, 0.29) is 6.01 Å². The van der Waals surface area contributed by atoms with Crippen molar-refractivity contribution in [2.75, 3.05) is 7.11 Å². The number of methoxy groups -OCH3 is 1. The molecule has 2 aromatic rings. The Bertz CT molecular complexity index is 593. The van der Waals surface area contributed by atoms with Gasteiger partial charge in [-0.1, -0.05) is 0 Å². The number of ether oxygens (including phenoxy) is 2. The van der Waals surface area contributed by atoms with Crippen LogP contribution in [0.15, 0.2) is 28.7 Å². The lowest BCUT2D eigenvalue weighted by atomic mass is 10.3. The molecule has 0 bridgehead atoms. The fourth-order valence-electron chi connectivity index (χ4n) is 1.51. The molecule has 1 aromatic carbocycles. The molecular formula is C13H12BrClN2O2. The molecule has 2 rings (SSSR count). The molecule has 6 heteroatoms. The molecule has 0 unspecified atom stereocenters. The molecule has 1 aromatic heterocycles. The zero-order valence-corrected chi connectivity index (χ0v) is 12.8. The third-order valence-electron chi connectivity index (χ3n) is 2.36. The van der Waals surface area contributed by atoms with Gasteiger partial charge in [0.2, 0.25) is 0 Å². The zero-order valence-electron chi connectivity index (χ0n) is 10.5. The lowest BCUT2D eigenvalue weighted by Crippen LogP contribution is -1.97. The smallest absolute Gasteiger partial charge is 0.322 e. The van der Waals surface area contributed by atoms with E-state index in [0.717, 1.165) is 21.6 Å². The summed E-state index contributed by atoms with van der Waals surface area (Å²) in [7, 11) is 1.61. The summed E-state index contributed by atoms with van der Waals surface area (Å²) in [5.74, 6) is 1.68. The first-order valence-electron chi connectivity index (χ1n) is 5.54. The molecule has 0 N–H and O–H groups in total. The normalized spacial score (nSPS) is 10.3. The Morgan fingerprint density at radius 1 is 1.26 bits per heavy atom. The monoisotopic (exact) mass is 342 g/mol. The lowest BCUT2D eigenvalue weighted by molar-refractivity contribution is 0.409. The number of hydrogen-bond donors (Lipinski definition) is 0. The van der Waals surface area contributed by atoms with Crippen molar-refractivity contribution >= 4 is 27.5 Å². The molecule has 0 saturated carbocycles. The maximum atomic E-state index is 5.77. The van der Waals surface area contributed by atoms with Crippen LogP contribution in [0.2, 0.25) is 0 Å². The molecular weight excluding hydrogens is 332 g/mol. The average molecular weight is 344 g/mol. The fraction of sp³-hybridized carbons (Fsp3) is 0.231. The van der Waals surface area contributed by atoms with Crippen molar-refractivity contribution < 1.29 is 9.47 Å². The highest BCUT2D eigenvalue weighted by Gasteiger charge is 2.08. The minimum Gasteiger partial charge on any atom is -0.497 e.